The first-order valence-corrected chi connectivity index (χ1v) is 7.74. The molecule has 1 atom stereocenters. The Labute approximate surface area is 124 Å². The van der Waals surface area contributed by atoms with Gasteiger partial charge < -0.3 is 9.47 Å². The van der Waals surface area contributed by atoms with Gasteiger partial charge in [0.25, 0.3) is 0 Å². The Morgan fingerprint density at radius 3 is 2.90 bits per heavy atom. The Balaban J connectivity index is 1.56. The van der Waals surface area contributed by atoms with Crippen molar-refractivity contribution in [2.24, 2.45) is 0 Å². The molecule has 0 N–H and O–H groups in total. The number of anilines is 1. The van der Waals surface area contributed by atoms with Gasteiger partial charge in [0, 0.05) is 36.8 Å². The quantitative estimate of drug-likeness (QED) is 0.863. The molecule has 0 amide bonds. The van der Waals surface area contributed by atoms with Crippen molar-refractivity contribution in [3.8, 4) is 0 Å². The fourth-order valence-corrected chi connectivity index (χ4v) is 3.19. The molecule has 0 bridgehead atoms. The Kier molecular flexibility index (Phi) is 3.09. The van der Waals surface area contributed by atoms with Crippen LogP contribution in [0.4, 0.5) is 5.82 Å². The van der Waals surface area contributed by atoms with Crippen LogP contribution in [0.1, 0.15) is 49.2 Å². The number of hydrogen-bond donors (Lipinski definition) is 0. The highest BCUT2D eigenvalue weighted by Crippen LogP contribution is 2.38. The van der Waals surface area contributed by atoms with Crippen molar-refractivity contribution >= 4 is 5.82 Å². The van der Waals surface area contributed by atoms with E-state index in [1.165, 1.54) is 25.7 Å². The van der Waals surface area contributed by atoms with E-state index in [4.69, 9.17) is 0 Å². The Morgan fingerprint density at radius 1 is 1.19 bits per heavy atom. The fourth-order valence-electron chi connectivity index (χ4n) is 3.19. The van der Waals surface area contributed by atoms with Crippen LogP contribution in [0.15, 0.2) is 18.7 Å². The van der Waals surface area contributed by atoms with Gasteiger partial charge in [-0.2, -0.15) is 0 Å². The molecular formula is C15H20N6. The summed E-state index contributed by atoms with van der Waals surface area (Å²) in [6.45, 7) is 4.04. The molecule has 1 saturated carbocycles. The number of rotatable bonds is 3. The third-order valence-electron chi connectivity index (χ3n) is 4.44. The number of nitrogens with zero attached hydrogens (tertiary/aromatic N) is 6. The van der Waals surface area contributed by atoms with Gasteiger partial charge in [0.2, 0.25) is 0 Å². The highest BCUT2D eigenvalue weighted by atomic mass is 15.3. The van der Waals surface area contributed by atoms with E-state index in [0.717, 1.165) is 30.4 Å². The van der Waals surface area contributed by atoms with Crippen LogP contribution >= 0.6 is 0 Å². The van der Waals surface area contributed by atoms with Crippen molar-refractivity contribution in [1.29, 1.82) is 0 Å². The number of aromatic nitrogens is 5. The molecule has 2 aromatic heterocycles. The van der Waals surface area contributed by atoms with Gasteiger partial charge in [-0.1, -0.05) is 0 Å². The van der Waals surface area contributed by atoms with E-state index in [1.807, 2.05) is 13.3 Å². The molecule has 2 aromatic rings. The van der Waals surface area contributed by atoms with Gasteiger partial charge in [0.1, 0.15) is 24.3 Å². The van der Waals surface area contributed by atoms with Crippen molar-refractivity contribution in [1.82, 2.24) is 24.7 Å². The summed E-state index contributed by atoms with van der Waals surface area (Å²) in [5.41, 5.74) is 1.02. The van der Waals surface area contributed by atoms with Gasteiger partial charge in [0.05, 0.1) is 0 Å². The minimum absolute atomic E-state index is 0.456. The van der Waals surface area contributed by atoms with Crippen LogP contribution in [-0.4, -0.2) is 37.8 Å². The number of aryl methyl sites for hydroxylation is 1. The zero-order valence-electron chi connectivity index (χ0n) is 12.3. The van der Waals surface area contributed by atoms with Crippen LogP contribution in [0.5, 0.6) is 0 Å². The molecule has 1 saturated heterocycles. The lowest BCUT2D eigenvalue weighted by molar-refractivity contribution is 0.469. The number of hydrogen-bond acceptors (Lipinski definition) is 5. The molecule has 2 aliphatic rings. The van der Waals surface area contributed by atoms with E-state index < -0.39 is 0 Å². The van der Waals surface area contributed by atoms with Gasteiger partial charge in [-0.15, -0.1) is 10.2 Å². The SMILES string of the molecule is Cc1cc(N2CCC[C@H](c3nncn3C3CC3)C2)ncn1. The van der Waals surface area contributed by atoms with E-state index in [2.05, 4.69) is 35.7 Å². The van der Waals surface area contributed by atoms with E-state index in [1.54, 1.807) is 6.33 Å². The molecule has 0 unspecified atom stereocenters. The summed E-state index contributed by atoms with van der Waals surface area (Å²) in [5.74, 6) is 2.65. The maximum absolute atomic E-state index is 4.42. The number of piperidine rings is 1. The zero-order chi connectivity index (χ0) is 14.2. The fraction of sp³-hybridized carbons (Fsp3) is 0.600. The molecular weight excluding hydrogens is 264 g/mol. The van der Waals surface area contributed by atoms with Gasteiger partial charge in [-0.25, -0.2) is 9.97 Å². The van der Waals surface area contributed by atoms with Crippen LogP contribution in [0, 0.1) is 6.92 Å². The Bertz CT molecular complexity index is 633. The summed E-state index contributed by atoms with van der Waals surface area (Å²) in [7, 11) is 0. The largest absolute Gasteiger partial charge is 0.356 e. The van der Waals surface area contributed by atoms with Crippen LogP contribution in [0.2, 0.25) is 0 Å². The van der Waals surface area contributed by atoms with Gasteiger partial charge in [-0.05, 0) is 32.6 Å². The van der Waals surface area contributed by atoms with Gasteiger partial charge in [-0.3, -0.25) is 0 Å². The highest BCUT2D eigenvalue weighted by Gasteiger charge is 2.31. The molecule has 6 heteroatoms. The van der Waals surface area contributed by atoms with Crippen LogP contribution in [0.3, 0.4) is 0 Å². The van der Waals surface area contributed by atoms with E-state index in [-0.39, 0.29) is 0 Å². The first-order valence-electron chi connectivity index (χ1n) is 7.74. The van der Waals surface area contributed by atoms with Crippen molar-refractivity contribution < 1.29 is 0 Å². The summed E-state index contributed by atoms with van der Waals surface area (Å²) in [6.07, 6.45) is 8.46. The smallest absolute Gasteiger partial charge is 0.137 e. The first-order chi connectivity index (χ1) is 10.3. The monoisotopic (exact) mass is 284 g/mol. The van der Waals surface area contributed by atoms with Gasteiger partial charge in [0.15, 0.2) is 0 Å². The first kappa shape index (κ1) is 12.7. The highest BCUT2D eigenvalue weighted by molar-refractivity contribution is 5.39. The predicted octanol–water partition coefficient (Wildman–Crippen LogP) is 2.10. The zero-order valence-corrected chi connectivity index (χ0v) is 12.3. The molecule has 110 valence electrons. The topological polar surface area (TPSA) is 59.7 Å². The maximum atomic E-state index is 4.42. The third-order valence-corrected chi connectivity index (χ3v) is 4.44. The van der Waals surface area contributed by atoms with Crippen molar-refractivity contribution in [3.05, 3.63) is 30.2 Å². The Morgan fingerprint density at radius 2 is 2.10 bits per heavy atom. The lowest BCUT2D eigenvalue weighted by Gasteiger charge is -2.33. The second-order valence-electron chi connectivity index (χ2n) is 6.13. The van der Waals surface area contributed by atoms with Crippen LogP contribution in [0.25, 0.3) is 0 Å². The third kappa shape index (κ3) is 2.50. The summed E-state index contributed by atoms with van der Waals surface area (Å²) < 4.78 is 2.29. The second kappa shape index (κ2) is 5.09. The van der Waals surface area contributed by atoms with Crippen LogP contribution in [-0.2, 0) is 0 Å². The molecule has 0 radical (unpaired) electrons. The normalized spacial score (nSPS) is 22.5. The molecule has 0 aromatic carbocycles. The van der Waals surface area contributed by atoms with Crippen LogP contribution < -0.4 is 4.90 Å². The lowest BCUT2D eigenvalue weighted by Crippen LogP contribution is -2.36. The molecule has 4 rings (SSSR count). The average Bonchev–Trinajstić information content (AvgIpc) is 3.24. The van der Waals surface area contributed by atoms with E-state index in [9.17, 15) is 0 Å². The standard InChI is InChI=1S/C15H20N6/c1-11-7-14(17-9-16-11)20-6-2-3-12(8-20)15-19-18-10-21(15)13-4-5-13/h7,9-10,12-13H,2-6,8H2,1H3/t12-/m0/s1. The average molecular weight is 284 g/mol. The molecule has 6 nitrogen and oxygen atoms in total. The predicted molar refractivity (Wildman–Crippen MR) is 79.3 cm³/mol. The minimum Gasteiger partial charge on any atom is -0.356 e. The minimum atomic E-state index is 0.456. The van der Waals surface area contributed by atoms with Crippen molar-refractivity contribution in [3.63, 3.8) is 0 Å². The molecule has 1 aliphatic heterocycles. The summed E-state index contributed by atoms with van der Waals surface area (Å²) in [5, 5.41) is 8.54. The van der Waals surface area contributed by atoms with E-state index >= 15 is 0 Å². The molecule has 2 fully saturated rings. The van der Waals surface area contributed by atoms with E-state index in [0.29, 0.717) is 12.0 Å². The molecule has 1 aliphatic carbocycles. The maximum Gasteiger partial charge on any atom is 0.137 e. The summed E-state index contributed by atoms with van der Waals surface area (Å²) in [6, 6.07) is 2.71. The van der Waals surface area contributed by atoms with Crippen molar-refractivity contribution in [2.45, 2.75) is 44.6 Å². The molecule has 21 heavy (non-hydrogen) atoms. The lowest BCUT2D eigenvalue weighted by atomic mass is 9.97. The van der Waals surface area contributed by atoms with Gasteiger partial charge >= 0.3 is 0 Å². The Hall–Kier alpha value is -1.98. The molecule has 0 spiro atoms. The second-order valence-corrected chi connectivity index (χ2v) is 6.13. The summed E-state index contributed by atoms with van der Waals surface area (Å²) in [4.78, 5) is 11.0. The molecule has 3 heterocycles. The van der Waals surface area contributed by atoms with Crippen molar-refractivity contribution in [2.75, 3.05) is 18.0 Å². The summed E-state index contributed by atoms with van der Waals surface area (Å²) >= 11 is 0.